The second-order valence-electron chi connectivity index (χ2n) is 10.00. The monoisotopic (exact) mass is 449 g/mol. The molecule has 0 radical (unpaired) electrons. The third-order valence-electron chi connectivity index (χ3n) is 6.81. The van der Waals surface area contributed by atoms with Gasteiger partial charge in [-0.3, -0.25) is 0 Å². The van der Waals surface area contributed by atoms with Gasteiger partial charge in [0.2, 0.25) is 0 Å². The highest BCUT2D eigenvalue weighted by atomic mass is 35.5. The van der Waals surface area contributed by atoms with Crippen LogP contribution in [0.3, 0.4) is 0 Å². The minimum absolute atomic E-state index is 0. The predicted octanol–water partition coefficient (Wildman–Crippen LogP) is 9.95. The molecule has 0 aliphatic carbocycles. The molecule has 0 fully saturated rings. The minimum Gasteiger partial charge on any atom is -0.321 e. The van der Waals surface area contributed by atoms with Gasteiger partial charge in [-0.1, -0.05) is 160 Å². The zero-order valence-corrected chi connectivity index (χ0v) is 21.8. The molecule has 180 valence electrons. The van der Waals surface area contributed by atoms with Crippen molar-refractivity contribution in [3.63, 3.8) is 0 Å². The van der Waals surface area contributed by atoms with Gasteiger partial charge in [0.05, 0.1) is 6.04 Å². The third-order valence-corrected chi connectivity index (χ3v) is 6.81. The second kappa shape index (κ2) is 18.8. The third kappa shape index (κ3) is 14.1. The lowest BCUT2D eigenvalue weighted by atomic mass is 9.76. The summed E-state index contributed by atoms with van der Waals surface area (Å²) in [6.07, 6.45) is 22.4. The average Bonchev–Trinajstić information content (AvgIpc) is 2.76. The van der Waals surface area contributed by atoms with Crippen LogP contribution in [-0.2, 0) is 0 Å². The molecule has 0 aromatic heterocycles. The highest BCUT2D eigenvalue weighted by molar-refractivity contribution is 5.85. The fourth-order valence-corrected chi connectivity index (χ4v) is 4.38. The van der Waals surface area contributed by atoms with Crippen molar-refractivity contribution < 1.29 is 0 Å². The second-order valence-corrected chi connectivity index (χ2v) is 10.00. The van der Waals surface area contributed by atoms with E-state index in [1.807, 2.05) is 6.07 Å². The van der Waals surface area contributed by atoms with Crippen LogP contribution in [0.5, 0.6) is 0 Å². The predicted molar refractivity (Wildman–Crippen MR) is 143 cm³/mol. The van der Waals surface area contributed by atoms with Crippen molar-refractivity contribution >= 4 is 12.4 Å². The van der Waals surface area contributed by atoms with Gasteiger partial charge in [-0.05, 0) is 17.4 Å². The molecule has 0 amide bonds. The van der Waals surface area contributed by atoms with E-state index in [1.54, 1.807) is 0 Å². The Morgan fingerprint density at radius 2 is 1.13 bits per heavy atom. The lowest BCUT2D eigenvalue weighted by Gasteiger charge is -2.31. The van der Waals surface area contributed by atoms with E-state index in [-0.39, 0.29) is 23.9 Å². The molecule has 31 heavy (non-hydrogen) atoms. The normalized spacial score (nSPS) is 12.4. The summed E-state index contributed by atoms with van der Waals surface area (Å²) in [5.74, 6) is 0. The molecular formula is C29H52ClN. The molecule has 0 aliphatic heterocycles. The molecule has 2 N–H and O–H groups in total. The molecular weight excluding hydrogens is 398 g/mol. The first-order valence-electron chi connectivity index (χ1n) is 13.0. The number of unbranched alkanes of at least 4 members (excludes halogenated alkanes) is 14. The Morgan fingerprint density at radius 1 is 0.742 bits per heavy atom. The van der Waals surface area contributed by atoms with Crippen LogP contribution in [0.15, 0.2) is 42.5 Å². The van der Waals surface area contributed by atoms with Gasteiger partial charge < -0.3 is 5.73 Å². The van der Waals surface area contributed by atoms with Crippen molar-refractivity contribution in [3.05, 3.63) is 48.0 Å². The smallest absolute Gasteiger partial charge is 0.0513 e. The number of nitrogens with two attached hydrogens (primary N) is 1. The zero-order chi connectivity index (χ0) is 22.1. The Morgan fingerprint density at radius 3 is 1.55 bits per heavy atom. The maximum Gasteiger partial charge on any atom is 0.0513 e. The van der Waals surface area contributed by atoms with Crippen LogP contribution in [0.1, 0.15) is 135 Å². The summed E-state index contributed by atoms with van der Waals surface area (Å²) < 4.78 is 0. The highest BCUT2D eigenvalue weighted by Gasteiger charge is 2.26. The average molecular weight is 450 g/mol. The Labute approximate surface area is 201 Å². The Bertz CT molecular complexity index is 537. The number of benzene rings is 1. The Hall–Kier alpha value is -0.790. The molecule has 0 heterocycles. The van der Waals surface area contributed by atoms with E-state index < -0.39 is 0 Å². The molecule has 0 spiro atoms. The van der Waals surface area contributed by atoms with E-state index in [1.165, 1.54) is 114 Å². The van der Waals surface area contributed by atoms with Gasteiger partial charge in [0.1, 0.15) is 0 Å². The topological polar surface area (TPSA) is 26.0 Å². The summed E-state index contributed by atoms with van der Waals surface area (Å²) in [5.41, 5.74) is 8.92. The molecule has 0 aliphatic rings. The van der Waals surface area contributed by atoms with Crippen LogP contribution >= 0.6 is 12.4 Å². The van der Waals surface area contributed by atoms with E-state index in [4.69, 9.17) is 5.73 Å². The van der Waals surface area contributed by atoms with E-state index >= 15 is 0 Å². The van der Waals surface area contributed by atoms with Crippen LogP contribution in [0, 0.1) is 5.41 Å². The summed E-state index contributed by atoms with van der Waals surface area (Å²) in [5, 5.41) is 0. The van der Waals surface area contributed by atoms with E-state index in [0.29, 0.717) is 0 Å². The van der Waals surface area contributed by atoms with Crippen molar-refractivity contribution in [1.82, 2.24) is 0 Å². The van der Waals surface area contributed by atoms with Gasteiger partial charge in [-0.25, -0.2) is 0 Å². The summed E-state index contributed by atoms with van der Waals surface area (Å²) in [7, 11) is 0. The van der Waals surface area contributed by atoms with Crippen LogP contribution < -0.4 is 5.73 Å². The molecule has 1 unspecified atom stereocenters. The maximum absolute atomic E-state index is 6.48. The summed E-state index contributed by atoms with van der Waals surface area (Å²) in [4.78, 5) is 0. The Balaban J connectivity index is 0.00000900. The van der Waals surface area contributed by atoms with Crippen molar-refractivity contribution in [3.8, 4) is 0 Å². The Kier molecular flexibility index (Phi) is 18.3. The molecule has 1 aromatic carbocycles. The quantitative estimate of drug-likeness (QED) is 0.165. The standard InChI is InChI=1S/C29H51N.ClH/c1-5-6-7-8-9-10-11-12-13-14-15-16-17-18-22-25-29(3,4)26(2)28(30)27-23-20-19-21-24-27;/h19-21,23-24,28H,2,5-18,22,25,30H2,1,3-4H3;1H. The van der Waals surface area contributed by atoms with Crippen LogP contribution in [-0.4, -0.2) is 0 Å². The molecule has 1 nitrogen and oxygen atoms in total. The molecule has 2 heteroatoms. The zero-order valence-electron chi connectivity index (χ0n) is 21.0. The van der Waals surface area contributed by atoms with E-state index in [9.17, 15) is 0 Å². The molecule has 1 aromatic rings. The number of rotatable bonds is 19. The summed E-state index contributed by atoms with van der Waals surface area (Å²) in [6, 6.07) is 10.3. The van der Waals surface area contributed by atoms with Crippen LogP contribution in [0.25, 0.3) is 0 Å². The van der Waals surface area contributed by atoms with Crippen LogP contribution in [0.2, 0.25) is 0 Å². The van der Waals surface area contributed by atoms with Gasteiger partial charge in [0, 0.05) is 0 Å². The summed E-state index contributed by atoms with van der Waals surface area (Å²) >= 11 is 0. The van der Waals surface area contributed by atoms with E-state index in [0.717, 1.165) is 0 Å². The first-order chi connectivity index (χ1) is 14.5. The molecule has 1 rings (SSSR count). The van der Waals surface area contributed by atoms with Gasteiger partial charge >= 0.3 is 0 Å². The lowest BCUT2D eigenvalue weighted by Crippen LogP contribution is -2.24. The highest BCUT2D eigenvalue weighted by Crippen LogP contribution is 2.37. The lowest BCUT2D eigenvalue weighted by molar-refractivity contribution is 0.364. The first kappa shape index (κ1) is 30.2. The van der Waals surface area contributed by atoms with Gasteiger partial charge in [-0.2, -0.15) is 0 Å². The fourth-order valence-electron chi connectivity index (χ4n) is 4.38. The molecule has 0 saturated carbocycles. The van der Waals surface area contributed by atoms with Crippen molar-refractivity contribution in [2.75, 3.05) is 0 Å². The number of halogens is 1. The van der Waals surface area contributed by atoms with Crippen molar-refractivity contribution in [2.45, 2.75) is 130 Å². The number of hydrogen-bond donors (Lipinski definition) is 1. The van der Waals surface area contributed by atoms with E-state index in [2.05, 4.69) is 51.6 Å². The largest absolute Gasteiger partial charge is 0.321 e. The van der Waals surface area contributed by atoms with Gasteiger partial charge in [0.15, 0.2) is 0 Å². The van der Waals surface area contributed by atoms with Gasteiger partial charge in [0.25, 0.3) is 0 Å². The molecule has 0 saturated heterocycles. The van der Waals surface area contributed by atoms with Crippen molar-refractivity contribution in [2.24, 2.45) is 11.1 Å². The van der Waals surface area contributed by atoms with Gasteiger partial charge in [-0.15, -0.1) is 12.4 Å². The maximum atomic E-state index is 6.48. The minimum atomic E-state index is -0.0578. The van der Waals surface area contributed by atoms with Crippen molar-refractivity contribution in [1.29, 1.82) is 0 Å². The van der Waals surface area contributed by atoms with Crippen LogP contribution in [0.4, 0.5) is 0 Å². The first-order valence-corrected chi connectivity index (χ1v) is 13.0. The number of hydrogen-bond acceptors (Lipinski definition) is 1. The molecule has 1 atom stereocenters. The fraction of sp³-hybridized carbons (Fsp3) is 0.724. The summed E-state index contributed by atoms with van der Waals surface area (Å²) in [6.45, 7) is 11.3. The molecule has 0 bridgehead atoms. The SMILES string of the molecule is C=C(C(N)c1ccccc1)C(C)(C)CCCCCCCCCCCCCCCCC.Cl.